The quantitative estimate of drug-likeness (QED) is 0.736. The summed E-state index contributed by atoms with van der Waals surface area (Å²) in [5.41, 5.74) is 8.88. The van der Waals surface area contributed by atoms with Crippen LogP contribution < -0.4 is 11.1 Å². The van der Waals surface area contributed by atoms with Gasteiger partial charge in [0.2, 0.25) is 5.91 Å². The third kappa shape index (κ3) is 2.41. The van der Waals surface area contributed by atoms with E-state index in [1.54, 1.807) is 17.9 Å². The Labute approximate surface area is 112 Å². The van der Waals surface area contributed by atoms with Gasteiger partial charge >= 0.3 is 0 Å². The number of hydrogen-bond acceptors (Lipinski definition) is 3. The van der Waals surface area contributed by atoms with Crippen LogP contribution in [0.15, 0.2) is 12.1 Å². The largest absolute Gasteiger partial charge is 0.398 e. The second kappa shape index (κ2) is 4.91. The van der Waals surface area contributed by atoms with Gasteiger partial charge in [0.1, 0.15) is 6.04 Å². The molecule has 1 aliphatic rings. The first kappa shape index (κ1) is 13.4. The van der Waals surface area contributed by atoms with E-state index < -0.39 is 6.04 Å². The Morgan fingerprint density at radius 1 is 1.37 bits per heavy atom. The monoisotopic (exact) mass is 261 g/mol. The normalized spacial score (nSPS) is 19.2. The summed E-state index contributed by atoms with van der Waals surface area (Å²) in [6, 6.07) is 3.16. The Kier molecular flexibility index (Phi) is 3.46. The van der Waals surface area contributed by atoms with Crippen molar-refractivity contribution in [2.45, 2.75) is 26.8 Å². The summed E-state index contributed by atoms with van der Waals surface area (Å²) < 4.78 is 0. The molecule has 1 atom stereocenters. The summed E-state index contributed by atoms with van der Waals surface area (Å²) in [5, 5.41) is 2.75. The van der Waals surface area contributed by atoms with Gasteiger partial charge in [-0.25, -0.2) is 0 Å². The summed E-state index contributed by atoms with van der Waals surface area (Å²) in [7, 11) is 0. The molecule has 0 saturated carbocycles. The average molecular weight is 261 g/mol. The molecule has 0 spiro atoms. The maximum absolute atomic E-state index is 12.5. The SMILES string of the molecule is Cc1cc(C)c(C(=O)N2CCNC(=O)C2C)cc1N. The van der Waals surface area contributed by atoms with Gasteiger partial charge in [-0.1, -0.05) is 6.07 Å². The van der Waals surface area contributed by atoms with Gasteiger partial charge in [0.05, 0.1) is 0 Å². The minimum atomic E-state index is -0.442. The molecule has 1 unspecified atom stereocenters. The van der Waals surface area contributed by atoms with Gasteiger partial charge in [-0.05, 0) is 38.0 Å². The average Bonchev–Trinajstić information content (AvgIpc) is 2.36. The number of nitrogen functional groups attached to an aromatic ring is 1. The van der Waals surface area contributed by atoms with Crippen LogP contribution in [-0.4, -0.2) is 35.8 Å². The van der Waals surface area contributed by atoms with Gasteiger partial charge < -0.3 is 16.0 Å². The van der Waals surface area contributed by atoms with Crippen molar-refractivity contribution in [2.75, 3.05) is 18.8 Å². The molecule has 1 heterocycles. The van der Waals surface area contributed by atoms with Gasteiger partial charge in [-0.3, -0.25) is 9.59 Å². The second-order valence-electron chi connectivity index (χ2n) is 4.99. The van der Waals surface area contributed by atoms with E-state index in [-0.39, 0.29) is 11.8 Å². The van der Waals surface area contributed by atoms with Gasteiger partial charge in [0.25, 0.3) is 5.91 Å². The number of anilines is 1. The van der Waals surface area contributed by atoms with Crippen molar-refractivity contribution in [1.29, 1.82) is 0 Å². The minimum Gasteiger partial charge on any atom is -0.398 e. The van der Waals surface area contributed by atoms with E-state index in [2.05, 4.69) is 5.32 Å². The number of nitrogens with two attached hydrogens (primary N) is 1. The van der Waals surface area contributed by atoms with Crippen LogP contribution in [0.1, 0.15) is 28.4 Å². The van der Waals surface area contributed by atoms with Crippen LogP contribution in [0, 0.1) is 13.8 Å². The highest BCUT2D eigenvalue weighted by atomic mass is 16.2. The number of nitrogens with zero attached hydrogens (tertiary/aromatic N) is 1. The summed E-state index contributed by atoms with van der Waals surface area (Å²) >= 11 is 0. The summed E-state index contributed by atoms with van der Waals surface area (Å²) in [6.07, 6.45) is 0. The van der Waals surface area contributed by atoms with E-state index in [1.807, 2.05) is 19.9 Å². The molecule has 1 saturated heterocycles. The zero-order valence-corrected chi connectivity index (χ0v) is 11.5. The lowest BCUT2D eigenvalue weighted by Gasteiger charge is -2.33. The van der Waals surface area contributed by atoms with Crippen molar-refractivity contribution in [3.05, 3.63) is 28.8 Å². The van der Waals surface area contributed by atoms with E-state index in [0.29, 0.717) is 24.3 Å². The number of amides is 2. The predicted octanol–water partition coefficient (Wildman–Crippen LogP) is 0.846. The number of carbonyl (C=O) groups is 2. The summed E-state index contributed by atoms with van der Waals surface area (Å²) in [5.74, 6) is -0.246. The predicted molar refractivity (Wildman–Crippen MR) is 73.8 cm³/mol. The number of nitrogens with one attached hydrogen (secondary N) is 1. The van der Waals surface area contributed by atoms with Crippen molar-refractivity contribution in [3.8, 4) is 0 Å². The molecule has 102 valence electrons. The Hall–Kier alpha value is -2.04. The smallest absolute Gasteiger partial charge is 0.254 e. The van der Waals surface area contributed by atoms with E-state index in [0.717, 1.165) is 11.1 Å². The first-order valence-electron chi connectivity index (χ1n) is 6.37. The highest BCUT2D eigenvalue weighted by Crippen LogP contribution is 2.20. The van der Waals surface area contributed by atoms with Crippen molar-refractivity contribution in [3.63, 3.8) is 0 Å². The number of carbonyl (C=O) groups excluding carboxylic acids is 2. The van der Waals surface area contributed by atoms with Crippen molar-refractivity contribution < 1.29 is 9.59 Å². The zero-order chi connectivity index (χ0) is 14.2. The maximum Gasteiger partial charge on any atom is 0.254 e. The molecule has 5 heteroatoms. The molecule has 0 radical (unpaired) electrons. The molecule has 1 aromatic rings. The van der Waals surface area contributed by atoms with Crippen LogP contribution in [0.5, 0.6) is 0 Å². The first-order chi connectivity index (χ1) is 8.91. The molecule has 19 heavy (non-hydrogen) atoms. The van der Waals surface area contributed by atoms with E-state index in [9.17, 15) is 9.59 Å². The number of rotatable bonds is 1. The van der Waals surface area contributed by atoms with Crippen LogP contribution in [0.25, 0.3) is 0 Å². The number of hydrogen-bond donors (Lipinski definition) is 2. The van der Waals surface area contributed by atoms with E-state index >= 15 is 0 Å². The molecule has 2 amide bonds. The van der Waals surface area contributed by atoms with E-state index in [1.165, 1.54) is 0 Å². The Bertz CT molecular complexity index is 540. The molecule has 1 fully saturated rings. The van der Waals surface area contributed by atoms with Crippen LogP contribution in [0.4, 0.5) is 5.69 Å². The fourth-order valence-electron chi connectivity index (χ4n) is 2.31. The Morgan fingerprint density at radius 2 is 2.05 bits per heavy atom. The van der Waals surface area contributed by atoms with Crippen molar-refractivity contribution >= 4 is 17.5 Å². The van der Waals surface area contributed by atoms with Crippen molar-refractivity contribution in [1.82, 2.24) is 10.2 Å². The Morgan fingerprint density at radius 3 is 2.74 bits per heavy atom. The van der Waals surface area contributed by atoms with Crippen molar-refractivity contribution in [2.24, 2.45) is 0 Å². The standard InChI is InChI=1S/C14H19N3O2/c1-8-6-9(2)12(15)7-11(8)14(19)17-5-4-16-13(18)10(17)3/h6-7,10H,4-5,15H2,1-3H3,(H,16,18). The lowest BCUT2D eigenvalue weighted by atomic mass is 10.0. The lowest BCUT2D eigenvalue weighted by molar-refractivity contribution is -0.127. The number of benzene rings is 1. The second-order valence-corrected chi connectivity index (χ2v) is 4.99. The molecule has 2 rings (SSSR count). The third-order valence-corrected chi connectivity index (χ3v) is 3.60. The molecule has 1 aliphatic heterocycles. The van der Waals surface area contributed by atoms with Crippen LogP contribution >= 0.6 is 0 Å². The molecule has 0 bridgehead atoms. The van der Waals surface area contributed by atoms with Gasteiger partial charge in [-0.2, -0.15) is 0 Å². The van der Waals surface area contributed by atoms with Crippen LogP contribution in [-0.2, 0) is 4.79 Å². The topological polar surface area (TPSA) is 75.4 Å². The molecule has 0 aromatic heterocycles. The van der Waals surface area contributed by atoms with Crippen LogP contribution in [0.3, 0.4) is 0 Å². The maximum atomic E-state index is 12.5. The molecular formula is C14H19N3O2. The minimum absolute atomic E-state index is 0.114. The van der Waals surface area contributed by atoms with E-state index in [4.69, 9.17) is 5.73 Å². The fourth-order valence-corrected chi connectivity index (χ4v) is 2.31. The summed E-state index contributed by atoms with van der Waals surface area (Å²) in [6.45, 7) is 6.55. The molecule has 5 nitrogen and oxygen atoms in total. The highest BCUT2D eigenvalue weighted by molar-refractivity contribution is 6.00. The van der Waals surface area contributed by atoms with Gasteiger partial charge in [0.15, 0.2) is 0 Å². The first-order valence-corrected chi connectivity index (χ1v) is 6.37. The summed E-state index contributed by atoms with van der Waals surface area (Å²) in [4.78, 5) is 25.7. The lowest BCUT2D eigenvalue weighted by Crippen LogP contribution is -2.55. The zero-order valence-electron chi connectivity index (χ0n) is 11.5. The highest BCUT2D eigenvalue weighted by Gasteiger charge is 2.30. The van der Waals surface area contributed by atoms with Crippen LogP contribution in [0.2, 0.25) is 0 Å². The molecule has 0 aliphatic carbocycles. The number of aryl methyl sites for hydroxylation is 2. The van der Waals surface area contributed by atoms with Gasteiger partial charge in [-0.15, -0.1) is 0 Å². The number of piperazine rings is 1. The molecule has 1 aromatic carbocycles. The molecule has 3 N–H and O–H groups in total. The third-order valence-electron chi connectivity index (χ3n) is 3.60. The Balaban J connectivity index is 2.34. The van der Waals surface area contributed by atoms with Gasteiger partial charge in [0, 0.05) is 24.3 Å². The fraction of sp³-hybridized carbons (Fsp3) is 0.429. The molecular weight excluding hydrogens is 242 g/mol.